The highest BCUT2D eigenvalue weighted by molar-refractivity contribution is 6.35. The molecule has 0 saturated carbocycles. The van der Waals surface area contributed by atoms with Crippen LogP contribution >= 0.6 is 23.2 Å². The molecule has 0 bridgehead atoms. The van der Waals surface area contributed by atoms with Crippen molar-refractivity contribution >= 4 is 23.2 Å². The zero-order valence-electron chi connectivity index (χ0n) is 12.9. The fourth-order valence-corrected chi connectivity index (χ4v) is 2.51. The van der Waals surface area contributed by atoms with Gasteiger partial charge in [-0.05, 0) is 48.9 Å². The van der Waals surface area contributed by atoms with Crippen molar-refractivity contribution in [2.45, 2.75) is 6.42 Å². The van der Waals surface area contributed by atoms with Gasteiger partial charge in [-0.1, -0.05) is 29.3 Å². The van der Waals surface area contributed by atoms with Crippen molar-refractivity contribution in [1.29, 1.82) is 0 Å². The van der Waals surface area contributed by atoms with E-state index in [1.54, 1.807) is 25.3 Å². The third kappa shape index (κ3) is 5.20. The Labute approximate surface area is 146 Å². The maximum atomic E-state index is 6.04. The molecule has 0 unspecified atom stereocenters. The molecule has 0 radical (unpaired) electrons. The quantitative estimate of drug-likeness (QED) is 0.728. The monoisotopic (exact) mass is 355 g/mol. The Balaban J connectivity index is 1.88. The van der Waals surface area contributed by atoms with Crippen LogP contribution in [0.5, 0.6) is 17.2 Å². The lowest BCUT2D eigenvalue weighted by Gasteiger charge is -2.13. The summed E-state index contributed by atoms with van der Waals surface area (Å²) in [6, 6.07) is 10.9. The second-order valence-electron chi connectivity index (χ2n) is 4.80. The molecule has 2 aromatic rings. The molecule has 6 heteroatoms. The maximum absolute atomic E-state index is 6.04. The van der Waals surface area contributed by atoms with Crippen LogP contribution in [0.2, 0.25) is 10.0 Å². The van der Waals surface area contributed by atoms with Gasteiger partial charge in [-0.2, -0.15) is 0 Å². The van der Waals surface area contributed by atoms with E-state index in [4.69, 9.17) is 43.1 Å². The minimum atomic E-state index is 0.356. The van der Waals surface area contributed by atoms with Gasteiger partial charge in [0.25, 0.3) is 0 Å². The Morgan fingerprint density at radius 2 is 1.61 bits per heavy atom. The molecule has 0 aliphatic carbocycles. The summed E-state index contributed by atoms with van der Waals surface area (Å²) in [5.74, 6) is 1.92. The van der Waals surface area contributed by atoms with Gasteiger partial charge in [-0.3, -0.25) is 0 Å². The second-order valence-corrected chi connectivity index (χ2v) is 5.64. The molecular weight excluding hydrogens is 337 g/mol. The van der Waals surface area contributed by atoms with Crippen LogP contribution in [0.3, 0.4) is 0 Å². The van der Waals surface area contributed by atoms with E-state index < -0.39 is 0 Å². The predicted octanol–water partition coefficient (Wildman–Crippen LogP) is 3.96. The number of methoxy groups -OCH3 is 1. The van der Waals surface area contributed by atoms with Gasteiger partial charge < -0.3 is 19.9 Å². The Kier molecular flexibility index (Phi) is 6.84. The largest absolute Gasteiger partial charge is 0.493 e. The van der Waals surface area contributed by atoms with Crippen LogP contribution in [-0.2, 0) is 6.42 Å². The molecular formula is C17H19Cl2NO3. The molecule has 2 N–H and O–H groups in total. The topological polar surface area (TPSA) is 53.7 Å². The summed E-state index contributed by atoms with van der Waals surface area (Å²) in [6.45, 7) is 1.32. The average Bonchev–Trinajstić information content (AvgIpc) is 2.54. The molecule has 2 aromatic carbocycles. The van der Waals surface area contributed by atoms with Crippen LogP contribution in [0.4, 0.5) is 0 Å². The van der Waals surface area contributed by atoms with Crippen LogP contribution in [0.25, 0.3) is 0 Å². The Hall–Kier alpha value is -1.62. The van der Waals surface area contributed by atoms with Crippen molar-refractivity contribution in [2.75, 3.05) is 26.9 Å². The van der Waals surface area contributed by atoms with Crippen LogP contribution in [0.1, 0.15) is 5.56 Å². The third-order valence-corrected chi connectivity index (χ3v) is 3.68. The number of benzene rings is 2. The lowest BCUT2D eigenvalue weighted by molar-refractivity contribution is 0.211. The number of nitrogens with two attached hydrogens (primary N) is 1. The summed E-state index contributed by atoms with van der Waals surface area (Å²) in [5, 5.41) is 1.04. The summed E-state index contributed by atoms with van der Waals surface area (Å²) in [6.07, 6.45) is 0.800. The van der Waals surface area contributed by atoms with E-state index in [0.29, 0.717) is 47.1 Å². The van der Waals surface area contributed by atoms with Crippen LogP contribution in [0.15, 0.2) is 36.4 Å². The molecule has 2 rings (SSSR count). The van der Waals surface area contributed by atoms with Crippen LogP contribution < -0.4 is 19.9 Å². The fraction of sp³-hybridized carbons (Fsp3) is 0.294. The lowest BCUT2D eigenvalue weighted by atomic mass is 10.1. The van der Waals surface area contributed by atoms with E-state index in [-0.39, 0.29) is 0 Å². The molecule has 124 valence electrons. The van der Waals surface area contributed by atoms with Gasteiger partial charge in [-0.25, -0.2) is 0 Å². The van der Waals surface area contributed by atoms with Gasteiger partial charge in [0, 0.05) is 5.02 Å². The number of halogens is 2. The van der Waals surface area contributed by atoms with Crippen molar-refractivity contribution in [3.63, 3.8) is 0 Å². The number of hydrogen-bond acceptors (Lipinski definition) is 4. The normalized spacial score (nSPS) is 10.4. The molecule has 0 aromatic heterocycles. The first kappa shape index (κ1) is 17.7. The average molecular weight is 356 g/mol. The van der Waals surface area contributed by atoms with Gasteiger partial charge in [0.2, 0.25) is 0 Å². The number of rotatable bonds is 8. The van der Waals surface area contributed by atoms with Gasteiger partial charge in [-0.15, -0.1) is 0 Å². The molecule has 0 aliphatic rings. The highest BCUT2D eigenvalue weighted by Crippen LogP contribution is 2.29. The summed E-state index contributed by atoms with van der Waals surface area (Å²) in [5.41, 5.74) is 6.67. The minimum absolute atomic E-state index is 0.356. The Morgan fingerprint density at radius 3 is 2.26 bits per heavy atom. The zero-order valence-corrected chi connectivity index (χ0v) is 14.4. The standard InChI is InChI=1S/C17H19Cl2NO3/c1-21-17-10-12(6-7-20)2-4-16(17)23-9-8-22-15-5-3-13(18)11-14(15)19/h2-5,10-11H,6-9,20H2,1H3. The molecule has 0 heterocycles. The van der Waals surface area contributed by atoms with E-state index >= 15 is 0 Å². The van der Waals surface area contributed by atoms with Crippen molar-refractivity contribution < 1.29 is 14.2 Å². The smallest absolute Gasteiger partial charge is 0.161 e. The zero-order chi connectivity index (χ0) is 16.7. The summed E-state index contributed by atoms with van der Waals surface area (Å²) in [7, 11) is 1.61. The highest BCUT2D eigenvalue weighted by Gasteiger charge is 2.07. The first-order valence-corrected chi connectivity index (χ1v) is 7.97. The summed E-state index contributed by atoms with van der Waals surface area (Å²) in [4.78, 5) is 0. The van der Waals surface area contributed by atoms with Gasteiger partial charge in [0.15, 0.2) is 11.5 Å². The van der Waals surface area contributed by atoms with E-state index in [2.05, 4.69) is 0 Å². The van der Waals surface area contributed by atoms with Crippen molar-refractivity contribution in [1.82, 2.24) is 0 Å². The molecule has 0 spiro atoms. The second kappa shape index (κ2) is 8.87. The Morgan fingerprint density at radius 1 is 0.913 bits per heavy atom. The minimum Gasteiger partial charge on any atom is -0.493 e. The van der Waals surface area contributed by atoms with Crippen molar-refractivity contribution in [3.05, 3.63) is 52.0 Å². The number of hydrogen-bond donors (Lipinski definition) is 1. The molecule has 4 nitrogen and oxygen atoms in total. The summed E-state index contributed by atoms with van der Waals surface area (Å²) < 4.78 is 16.6. The van der Waals surface area contributed by atoms with Gasteiger partial charge in [0.05, 0.1) is 12.1 Å². The third-order valence-electron chi connectivity index (χ3n) is 3.15. The maximum Gasteiger partial charge on any atom is 0.161 e. The fourth-order valence-electron chi connectivity index (χ4n) is 2.05. The summed E-state index contributed by atoms with van der Waals surface area (Å²) >= 11 is 11.9. The molecule has 0 saturated heterocycles. The first-order chi connectivity index (χ1) is 11.1. The molecule has 0 aliphatic heterocycles. The van der Waals surface area contributed by atoms with E-state index in [0.717, 1.165) is 12.0 Å². The number of ether oxygens (including phenoxy) is 3. The lowest BCUT2D eigenvalue weighted by Crippen LogP contribution is -2.10. The van der Waals surface area contributed by atoms with E-state index in [1.165, 1.54) is 0 Å². The van der Waals surface area contributed by atoms with Gasteiger partial charge in [0.1, 0.15) is 19.0 Å². The van der Waals surface area contributed by atoms with E-state index in [9.17, 15) is 0 Å². The van der Waals surface area contributed by atoms with Gasteiger partial charge >= 0.3 is 0 Å². The van der Waals surface area contributed by atoms with Crippen molar-refractivity contribution in [2.24, 2.45) is 5.73 Å². The Bertz CT molecular complexity index is 650. The van der Waals surface area contributed by atoms with Crippen LogP contribution in [0, 0.1) is 0 Å². The van der Waals surface area contributed by atoms with Crippen LogP contribution in [-0.4, -0.2) is 26.9 Å². The molecule has 23 heavy (non-hydrogen) atoms. The first-order valence-electron chi connectivity index (χ1n) is 7.21. The highest BCUT2D eigenvalue weighted by atomic mass is 35.5. The molecule has 0 atom stereocenters. The predicted molar refractivity (Wildman–Crippen MR) is 93.2 cm³/mol. The van der Waals surface area contributed by atoms with E-state index in [1.807, 2.05) is 18.2 Å². The molecule has 0 fully saturated rings. The SMILES string of the molecule is COc1cc(CCN)ccc1OCCOc1ccc(Cl)cc1Cl. The molecule has 0 amide bonds. The van der Waals surface area contributed by atoms with Crippen molar-refractivity contribution in [3.8, 4) is 17.2 Å².